The highest BCUT2D eigenvalue weighted by Crippen LogP contribution is 2.29. The van der Waals surface area contributed by atoms with Gasteiger partial charge in [0.15, 0.2) is 0 Å². The van der Waals surface area contributed by atoms with Crippen LogP contribution in [0.3, 0.4) is 0 Å². The van der Waals surface area contributed by atoms with Crippen LogP contribution in [0.25, 0.3) is 0 Å². The quantitative estimate of drug-likeness (QED) is 0.839. The largest absolute Gasteiger partial charge is 0.381 e. The highest BCUT2D eigenvalue weighted by molar-refractivity contribution is 7.11. The summed E-state index contributed by atoms with van der Waals surface area (Å²) in [6, 6.07) is 0.302. The van der Waals surface area contributed by atoms with E-state index in [4.69, 9.17) is 10.5 Å². The van der Waals surface area contributed by atoms with Crippen LogP contribution in [0.2, 0.25) is 0 Å². The summed E-state index contributed by atoms with van der Waals surface area (Å²) in [6.45, 7) is 7.71. The van der Waals surface area contributed by atoms with Gasteiger partial charge in [-0.2, -0.15) is 0 Å². The number of ether oxygens (including phenoxy) is 1. The Morgan fingerprint density at radius 1 is 1.53 bits per heavy atom. The lowest BCUT2D eigenvalue weighted by Gasteiger charge is -2.37. The molecule has 0 aliphatic carbocycles. The molecule has 0 aromatic carbocycles. The van der Waals surface area contributed by atoms with Crippen molar-refractivity contribution < 1.29 is 4.74 Å². The molecular weight excluding hydrogens is 258 g/mol. The van der Waals surface area contributed by atoms with E-state index in [1.165, 1.54) is 9.88 Å². The average molecular weight is 283 g/mol. The first kappa shape index (κ1) is 14.9. The minimum atomic E-state index is 0.206. The molecule has 1 aromatic heterocycles. The first-order valence-corrected chi connectivity index (χ1v) is 7.96. The Kier molecular flexibility index (Phi) is 5.33. The molecule has 19 heavy (non-hydrogen) atoms. The number of nitrogens with one attached hydrogen (secondary N) is 1. The number of aromatic nitrogens is 1. The van der Waals surface area contributed by atoms with Crippen molar-refractivity contribution in [1.82, 2.24) is 10.3 Å². The molecule has 108 valence electrons. The first-order valence-electron chi connectivity index (χ1n) is 7.15. The van der Waals surface area contributed by atoms with Crippen LogP contribution < -0.4 is 11.1 Å². The topological polar surface area (TPSA) is 60.2 Å². The van der Waals surface area contributed by atoms with E-state index in [1.54, 1.807) is 11.3 Å². The van der Waals surface area contributed by atoms with Gasteiger partial charge in [-0.3, -0.25) is 0 Å². The zero-order valence-corrected chi connectivity index (χ0v) is 12.8. The molecule has 0 saturated carbocycles. The summed E-state index contributed by atoms with van der Waals surface area (Å²) in [4.78, 5) is 5.85. The molecule has 1 atom stereocenters. The molecule has 1 fully saturated rings. The Labute approximate surface area is 119 Å². The van der Waals surface area contributed by atoms with E-state index in [2.05, 4.69) is 24.1 Å². The third-order valence-electron chi connectivity index (χ3n) is 4.06. The molecule has 1 aliphatic rings. The second-order valence-corrected chi connectivity index (χ2v) is 6.58. The van der Waals surface area contributed by atoms with Crippen molar-refractivity contribution in [1.29, 1.82) is 0 Å². The van der Waals surface area contributed by atoms with E-state index < -0.39 is 0 Å². The fourth-order valence-electron chi connectivity index (χ4n) is 2.40. The van der Waals surface area contributed by atoms with Crippen LogP contribution in [0.1, 0.15) is 42.6 Å². The summed E-state index contributed by atoms with van der Waals surface area (Å²) in [7, 11) is 0. The minimum Gasteiger partial charge on any atom is -0.381 e. The van der Waals surface area contributed by atoms with E-state index in [0.717, 1.165) is 45.6 Å². The predicted molar refractivity (Wildman–Crippen MR) is 79.5 cm³/mol. The molecule has 0 bridgehead atoms. The summed E-state index contributed by atoms with van der Waals surface area (Å²) >= 11 is 1.80. The Morgan fingerprint density at radius 2 is 2.26 bits per heavy atom. The second-order valence-electron chi connectivity index (χ2n) is 5.44. The highest BCUT2D eigenvalue weighted by atomic mass is 32.1. The van der Waals surface area contributed by atoms with Gasteiger partial charge in [0.1, 0.15) is 5.01 Å². The number of hydrogen-bond acceptors (Lipinski definition) is 5. The van der Waals surface area contributed by atoms with E-state index in [-0.39, 0.29) is 5.41 Å². The van der Waals surface area contributed by atoms with Crippen molar-refractivity contribution >= 4 is 11.3 Å². The SMILES string of the molecule is CCc1cnc(C(C)NCC2(CN)CCOCC2)s1. The summed E-state index contributed by atoms with van der Waals surface area (Å²) in [6.07, 6.45) is 5.17. The monoisotopic (exact) mass is 283 g/mol. The maximum atomic E-state index is 5.98. The van der Waals surface area contributed by atoms with Crippen LogP contribution in [0, 0.1) is 5.41 Å². The number of nitrogens with two attached hydrogens (primary N) is 1. The van der Waals surface area contributed by atoms with Crippen molar-refractivity contribution in [2.75, 3.05) is 26.3 Å². The first-order chi connectivity index (χ1) is 9.19. The molecule has 1 saturated heterocycles. The zero-order valence-electron chi connectivity index (χ0n) is 11.9. The second kappa shape index (κ2) is 6.79. The lowest BCUT2D eigenvalue weighted by molar-refractivity contribution is 0.0182. The van der Waals surface area contributed by atoms with Gasteiger partial charge in [0.2, 0.25) is 0 Å². The van der Waals surface area contributed by atoms with Crippen LogP contribution >= 0.6 is 11.3 Å². The van der Waals surface area contributed by atoms with Gasteiger partial charge >= 0.3 is 0 Å². The zero-order chi connectivity index (χ0) is 13.7. The van der Waals surface area contributed by atoms with Crippen LogP contribution in [0.4, 0.5) is 0 Å². The molecule has 0 amide bonds. The molecule has 2 heterocycles. The number of aryl methyl sites for hydroxylation is 1. The number of nitrogens with zero attached hydrogens (tertiary/aromatic N) is 1. The lowest BCUT2D eigenvalue weighted by Crippen LogP contribution is -2.44. The molecule has 2 rings (SSSR count). The van der Waals surface area contributed by atoms with E-state index >= 15 is 0 Å². The summed E-state index contributed by atoms with van der Waals surface area (Å²) in [5, 5.41) is 4.79. The predicted octanol–water partition coefficient (Wildman–Crippen LogP) is 2.11. The van der Waals surface area contributed by atoms with Gasteiger partial charge in [-0.15, -0.1) is 11.3 Å². The summed E-state index contributed by atoms with van der Waals surface area (Å²) < 4.78 is 5.44. The number of rotatable bonds is 6. The van der Waals surface area contributed by atoms with Crippen molar-refractivity contribution in [3.05, 3.63) is 16.1 Å². The minimum absolute atomic E-state index is 0.206. The molecule has 0 spiro atoms. The van der Waals surface area contributed by atoms with E-state index in [1.807, 2.05) is 6.20 Å². The van der Waals surface area contributed by atoms with Crippen LogP contribution in [0.5, 0.6) is 0 Å². The molecule has 5 heteroatoms. The molecular formula is C14H25N3OS. The van der Waals surface area contributed by atoms with Gasteiger partial charge in [-0.25, -0.2) is 4.98 Å². The van der Waals surface area contributed by atoms with E-state index in [9.17, 15) is 0 Å². The van der Waals surface area contributed by atoms with Crippen molar-refractivity contribution in [2.45, 2.75) is 39.2 Å². The third-order valence-corrected chi connectivity index (χ3v) is 5.38. The molecule has 1 aromatic rings. The van der Waals surface area contributed by atoms with Crippen molar-refractivity contribution in [3.63, 3.8) is 0 Å². The van der Waals surface area contributed by atoms with Crippen molar-refractivity contribution in [3.8, 4) is 0 Å². The summed E-state index contributed by atoms with van der Waals surface area (Å²) in [5.41, 5.74) is 6.19. The van der Waals surface area contributed by atoms with Gasteiger partial charge in [0, 0.05) is 30.8 Å². The molecule has 0 radical (unpaired) electrons. The van der Waals surface area contributed by atoms with Gasteiger partial charge in [-0.05, 0) is 38.1 Å². The number of hydrogen-bond donors (Lipinski definition) is 2. The lowest BCUT2D eigenvalue weighted by atomic mass is 9.80. The maximum Gasteiger partial charge on any atom is 0.109 e. The van der Waals surface area contributed by atoms with Gasteiger partial charge in [0.05, 0.1) is 6.04 Å². The Hall–Kier alpha value is -0.490. The molecule has 1 unspecified atom stereocenters. The average Bonchev–Trinajstić information content (AvgIpc) is 2.95. The smallest absolute Gasteiger partial charge is 0.109 e. The fraction of sp³-hybridized carbons (Fsp3) is 0.786. The van der Waals surface area contributed by atoms with E-state index in [0.29, 0.717) is 6.04 Å². The Morgan fingerprint density at radius 3 is 2.84 bits per heavy atom. The van der Waals surface area contributed by atoms with Crippen LogP contribution in [0.15, 0.2) is 6.20 Å². The van der Waals surface area contributed by atoms with Crippen LogP contribution in [-0.2, 0) is 11.2 Å². The molecule has 3 N–H and O–H groups in total. The summed E-state index contributed by atoms with van der Waals surface area (Å²) in [5.74, 6) is 0. The standard InChI is InChI=1S/C14H25N3OS/c1-3-12-8-16-13(19-12)11(2)17-10-14(9-15)4-6-18-7-5-14/h8,11,17H,3-7,9-10,15H2,1-2H3. The highest BCUT2D eigenvalue weighted by Gasteiger charge is 2.31. The normalized spacial score (nSPS) is 20.4. The van der Waals surface area contributed by atoms with Gasteiger partial charge in [0.25, 0.3) is 0 Å². The third kappa shape index (κ3) is 3.75. The Bertz CT molecular complexity index is 388. The Balaban J connectivity index is 1.89. The maximum absolute atomic E-state index is 5.98. The number of thiazole rings is 1. The fourth-order valence-corrected chi connectivity index (χ4v) is 3.28. The van der Waals surface area contributed by atoms with Gasteiger partial charge < -0.3 is 15.8 Å². The molecule has 4 nitrogen and oxygen atoms in total. The van der Waals surface area contributed by atoms with Crippen LogP contribution in [-0.4, -0.2) is 31.3 Å². The van der Waals surface area contributed by atoms with Gasteiger partial charge in [-0.1, -0.05) is 6.92 Å². The molecule has 1 aliphatic heterocycles. The van der Waals surface area contributed by atoms with Crippen molar-refractivity contribution in [2.24, 2.45) is 11.1 Å².